The summed E-state index contributed by atoms with van der Waals surface area (Å²) in [4.78, 5) is 107. The zero-order valence-electron chi connectivity index (χ0n) is 34.3. The summed E-state index contributed by atoms with van der Waals surface area (Å²) in [6.45, 7) is 1.11. The molecule has 2 rings (SSSR count). The first-order valence-electron chi connectivity index (χ1n) is 19.2. The van der Waals surface area contributed by atoms with Gasteiger partial charge in [-0.1, -0.05) is 70.4 Å². The number of phosphoric ester groups is 1. The van der Waals surface area contributed by atoms with E-state index in [1.165, 1.54) is 21.6 Å². The number of aliphatic hydroxyl groups excluding tert-OH is 1. The van der Waals surface area contributed by atoms with Gasteiger partial charge in [0, 0.05) is 36.3 Å². The smallest absolute Gasteiger partial charge is 0.481 e. The molecule has 0 aromatic heterocycles. The number of hydrogen-bond donors (Lipinski definition) is 12. The van der Waals surface area contributed by atoms with Crippen LogP contribution in [0.1, 0.15) is 51.9 Å². The van der Waals surface area contributed by atoms with Crippen LogP contribution in [-0.2, 0) is 60.3 Å². The molecule has 11 N–H and O–H groups in total. The molecule has 1 aliphatic carbocycles. The minimum Gasteiger partial charge on any atom is -0.481 e. The Kier molecular flexibility index (Phi) is 25.1. The monoisotopic (exact) mass is 1040 g/mol. The number of aliphatic carboxylic acids is 3. The minimum atomic E-state index is -5.74. The SMILES string of the molecule is CCB(S)C1=C/C=C(C#CCNC(=O)CCSSCCCCC(=O)NC(CC(=O)O)C(=O)NC(CC(=O)O)C(=O)O)\C=C/C(C2CC(O)C(COP(=O)(O)OP(=O)(O)OP(=O)(O)O)O2)=C\1. The Hall–Kier alpha value is -3.22. The molecule has 24 nitrogen and oxygen atoms in total. The number of phosphoric acid groups is 3. The van der Waals surface area contributed by atoms with E-state index >= 15 is 0 Å². The number of carboxylic acid groups (broad SMARTS) is 3. The van der Waals surface area contributed by atoms with Crippen molar-refractivity contribution in [1.82, 2.24) is 16.0 Å². The van der Waals surface area contributed by atoms with E-state index in [4.69, 9.17) is 29.8 Å². The van der Waals surface area contributed by atoms with E-state index in [1.807, 2.05) is 12.2 Å². The Morgan fingerprint density at radius 1 is 0.892 bits per heavy atom. The van der Waals surface area contributed by atoms with Crippen molar-refractivity contribution >= 4 is 99.2 Å². The van der Waals surface area contributed by atoms with E-state index in [9.17, 15) is 57.4 Å². The van der Waals surface area contributed by atoms with Crippen molar-refractivity contribution in [3.05, 3.63) is 47.0 Å². The van der Waals surface area contributed by atoms with E-state index in [0.29, 0.717) is 41.8 Å². The maximum absolute atomic E-state index is 12.4. The van der Waals surface area contributed by atoms with Crippen LogP contribution < -0.4 is 16.0 Å². The number of rotatable bonds is 28. The van der Waals surface area contributed by atoms with E-state index in [-0.39, 0.29) is 37.7 Å². The topological polar surface area (TPSA) is 388 Å². The zero-order chi connectivity index (χ0) is 49.0. The first-order chi connectivity index (χ1) is 30.3. The van der Waals surface area contributed by atoms with Gasteiger partial charge in [-0.25, -0.2) is 31.0 Å². The van der Waals surface area contributed by atoms with Crippen molar-refractivity contribution in [2.24, 2.45) is 0 Å². The van der Waals surface area contributed by atoms with Crippen LogP contribution in [0.15, 0.2) is 47.0 Å². The van der Waals surface area contributed by atoms with Crippen LogP contribution in [0.3, 0.4) is 0 Å². The van der Waals surface area contributed by atoms with Gasteiger partial charge in [0.15, 0.2) is 0 Å². The lowest BCUT2D eigenvalue weighted by molar-refractivity contribution is -0.148. The van der Waals surface area contributed by atoms with Crippen LogP contribution >= 0.6 is 57.5 Å². The van der Waals surface area contributed by atoms with Crippen LogP contribution in [0.5, 0.6) is 0 Å². The highest BCUT2D eigenvalue weighted by Crippen LogP contribution is 2.66. The van der Waals surface area contributed by atoms with Crippen LogP contribution in [0.25, 0.3) is 0 Å². The second-order valence-corrected chi connectivity index (χ2v) is 21.4. The van der Waals surface area contributed by atoms with Gasteiger partial charge in [0.2, 0.25) is 23.7 Å². The molecule has 0 saturated carbocycles. The van der Waals surface area contributed by atoms with Gasteiger partial charge in [0.1, 0.15) is 18.2 Å². The van der Waals surface area contributed by atoms with Crippen LogP contribution in [0, 0.1) is 11.8 Å². The van der Waals surface area contributed by atoms with Gasteiger partial charge < -0.3 is 60.7 Å². The van der Waals surface area contributed by atoms with Crippen molar-refractivity contribution < 1.29 is 100 Å². The number of unbranched alkanes of at least 4 members (excludes halogenated alkanes) is 1. The lowest BCUT2D eigenvalue weighted by Gasteiger charge is -2.20. The third kappa shape index (κ3) is 24.4. The highest BCUT2D eigenvalue weighted by atomic mass is 33.1. The first kappa shape index (κ1) is 57.9. The summed E-state index contributed by atoms with van der Waals surface area (Å²) in [6, 6.07) is -3.44. The number of aliphatic hydroxyl groups is 1. The van der Waals surface area contributed by atoms with Crippen LogP contribution in [0.4, 0.5) is 0 Å². The molecule has 3 amide bonds. The van der Waals surface area contributed by atoms with Crippen LogP contribution in [-0.4, -0.2) is 137 Å². The molecule has 7 atom stereocenters. The molecule has 65 heavy (non-hydrogen) atoms. The molecule has 7 unspecified atom stereocenters. The fraction of sp³-hybridized carbons (Fsp3) is 0.529. The standard InChI is InChI=1S/C34H49BN3O21P3S3/c1-2-35(63)23-11-9-21(8-10-22(16-23)27-19-26(39)28(57-27)20-56-61(52,53)59-62(54,55)58-60(49,50)51)6-5-13-36-29(40)12-15-65-64-14-4-3-7-30(41)37-24(17-31(42)43)33(46)38-25(34(47)48)18-32(44)45/h8-11,16,24-28,39,63H,2-4,7,12-15,17-20H2,1H3,(H,36,40)(H,37,41)(H,38,46)(H,42,43)(H,44,45)(H,47,48)(H,52,53)(H,54,55)(H2,49,50,51)/b10-8-,11-9?,21-8?,21-9-,22-10?,22-16+,23-11+,23-16?. The Morgan fingerprint density at radius 2 is 1.55 bits per heavy atom. The number of carboxylic acids is 3. The van der Waals surface area contributed by atoms with Crippen LogP contribution in [0.2, 0.25) is 6.32 Å². The van der Waals surface area contributed by atoms with Crippen molar-refractivity contribution in [3.8, 4) is 11.8 Å². The summed E-state index contributed by atoms with van der Waals surface area (Å²) in [6.07, 6.45) is 5.28. The molecule has 362 valence electrons. The highest BCUT2D eigenvalue weighted by molar-refractivity contribution is 8.76. The average molecular weight is 1040 g/mol. The predicted octanol–water partition coefficient (Wildman–Crippen LogP) is 1.74. The maximum atomic E-state index is 12.4. The number of ether oxygens (including phenoxy) is 1. The second-order valence-electron chi connectivity index (χ2n) is 13.7. The van der Waals surface area contributed by atoms with Crippen molar-refractivity contribution in [2.45, 2.75) is 88.6 Å². The largest absolute Gasteiger partial charge is 0.490 e. The lowest BCUT2D eigenvalue weighted by atomic mass is 9.63. The third-order valence-corrected chi connectivity index (χ3v) is 15.4. The summed E-state index contributed by atoms with van der Waals surface area (Å²) >= 11 is 4.64. The number of allylic oxidation sites excluding steroid dienone is 6. The van der Waals surface area contributed by atoms with E-state index in [1.54, 1.807) is 30.4 Å². The molecule has 1 saturated heterocycles. The number of hydrogen-bond acceptors (Lipinski definition) is 17. The molecule has 0 aromatic carbocycles. The van der Waals surface area contributed by atoms with E-state index in [2.05, 4.69) is 48.1 Å². The molecule has 31 heteroatoms. The average Bonchev–Trinajstić information content (AvgIpc) is 3.54. The van der Waals surface area contributed by atoms with Gasteiger partial charge >= 0.3 is 41.4 Å². The summed E-state index contributed by atoms with van der Waals surface area (Å²) < 4.78 is 52.6. The molecule has 0 spiro atoms. The van der Waals surface area contributed by atoms with E-state index in [0.717, 1.165) is 5.47 Å². The Balaban J connectivity index is 1.81. The predicted molar refractivity (Wildman–Crippen MR) is 238 cm³/mol. The molecule has 0 radical (unpaired) electrons. The van der Waals surface area contributed by atoms with Gasteiger partial charge in [0.25, 0.3) is 0 Å². The van der Waals surface area contributed by atoms with Gasteiger partial charge in [0.05, 0.1) is 38.2 Å². The molecular formula is C34H49BN3O21P3S3. The fourth-order valence-electron chi connectivity index (χ4n) is 5.38. The summed E-state index contributed by atoms with van der Waals surface area (Å²) in [5.74, 6) is 0.0366. The molecule has 1 aliphatic heterocycles. The first-order valence-corrected chi connectivity index (χ1v) is 26.7. The molecule has 2 aliphatic rings. The maximum Gasteiger partial charge on any atom is 0.490 e. The van der Waals surface area contributed by atoms with Crippen molar-refractivity contribution in [3.63, 3.8) is 0 Å². The minimum absolute atomic E-state index is 0.00907. The lowest BCUT2D eigenvalue weighted by Crippen LogP contribution is -2.52. The van der Waals surface area contributed by atoms with Gasteiger partial charge in [-0.3, -0.25) is 28.5 Å². The van der Waals surface area contributed by atoms with Gasteiger partial charge in [-0.2, -0.15) is 8.62 Å². The van der Waals surface area contributed by atoms with Gasteiger partial charge in [-0.05, 0) is 30.6 Å². The number of carbonyl (C=O) groups is 6. The second kappa shape index (κ2) is 28.2. The Morgan fingerprint density at radius 3 is 2.18 bits per heavy atom. The Labute approximate surface area is 386 Å². The highest BCUT2D eigenvalue weighted by Gasteiger charge is 2.43. The number of amides is 3. The summed E-state index contributed by atoms with van der Waals surface area (Å²) in [7, 11) is -13.9. The summed E-state index contributed by atoms with van der Waals surface area (Å²) in [5, 5.41) is 44.6. The Bertz CT molecular complexity index is 2080. The molecule has 1 heterocycles. The fourth-order valence-corrected chi connectivity index (χ4v) is 10.7. The molecule has 0 aromatic rings. The molecular weight excluding hydrogens is 986 g/mol. The third-order valence-electron chi connectivity index (χ3n) is 8.44. The number of nitrogens with one attached hydrogen (secondary N) is 3. The van der Waals surface area contributed by atoms with E-state index < -0.39 is 103 Å². The van der Waals surface area contributed by atoms with Gasteiger partial charge in [-0.15, -0.1) is 0 Å². The molecule has 1 fully saturated rings. The van der Waals surface area contributed by atoms with Crippen molar-refractivity contribution in [2.75, 3.05) is 24.7 Å². The number of carbonyl (C=O) groups excluding carboxylic acids is 3. The zero-order valence-corrected chi connectivity index (χ0v) is 39.5. The van der Waals surface area contributed by atoms with Crippen molar-refractivity contribution in [1.29, 1.82) is 0 Å². The normalized spacial score (nSPS) is 22.9. The quantitative estimate of drug-likeness (QED) is 0.0133. The summed E-state index contributed by atoms with van der Waals surface area (Å²) in [5.41, 5.74) is 1.86. The molecule has 0 bridgehead atoms. The number of thiol groups is 1.